The van der Waals surface area contributed by atoms with Crippen molar-refractivity contribution in [2.45, 2.75) is 0 Å². The van der Waals surface area contributed by atoms with Gasteiger partial charge in [0.2, 0.25) is 0 Å². The van der Waals surface area contributed by atoms with Gasteiger partial charge in [-0.05, 0) is 30.3 Å². The van der Waals surface area contributed by atoms with Gasteiger partial charge in [-0.3, -0.25) is 4.79 Å². The molecule has 0 bridgehead atoms. The summed E-state index contributed by atoms with van der Waals surface area (Å²) < 4.78 is 6.43. The Balaban J connectivity index is 2.42. The lowest BCUT2D eigenvalue weighted by Crippen LogP contribution is -2.12. The zero-order valence-corrected chi connectivity index (χ0v) is 12.0. The number of nitrogens with two attached hydrogens (primary N) is 2. The van der Waals surface area contributed by atoms with Crippen LogP contribution in [0.25, 0.3) is 0 Å². The van der Waals surface area contributed by atoms with E-state index in [4.69, 9.17) is 27.8 Å². The van der Waals surface area contributed by atoms with Crippen molar-refractivity contribution in [2.24, 2.45) is 5.73 Å². The quantitative estimate of drug-likeness (QED) is 0.838. The molecular formula is C13H10BrClN2O2. The van der Waals surface area contributed by atoms with Crippen molar-refractivity contribution in [3.63, 3.8) is 0 Å². The third kappa shape index (κ3) is 3.19. The largest absolute Gasteiger partial charge is 0.455 e. The Hall–Kier alpha value is -1.72. The van der Waals surface area contributed by atoms with Gasteiger partial charge in [-0.2, -0.15) is 0 Å². The van der Waals surface area contributed by atoms with Gasteiger partial charge in [0.15, 0.2) is 0 Å². The molecule has 2 rings (SSSR count). The highest BCUT2D eigenvalue weighted by molar-refractivity contribution is 9.10. The van der Waals surface area contributed by atoms with Gasteiger partial charge in [0.1, 0.15) is 11.5 Å². The predicted octanol–water partition coefficient (Wildman–Crippen LogP) is 3.58. The Morgan fingerprint density at radius 3 is 2.53 bits per heavy atom. The van der Waals surface area contributed by atoms with Gasteiger partial charge in [-0.1, -0.05) is 27.5 Å². The van der Waals surface area contributed by atoms with E-state index < -0.39 is 5.91 Å². The first-order valence-corrected chi connectivity index (χ1v) is 6.46. The maximum absolute atomic E-state index is 11.3. The molecule has 0 fully saturated rings. The van der Waals surface area contributed by atoms with Crippen LogP contribution in [-0.2, 0) is 0 Å². The number of benzene rings is 2. The molecule has 98 valence electrons. The lowest BCUT2D eigenvalue weighted by molar-refractivity contribution is 0.0998. The van der Waals surface area contributed by atoms with Gasteiger partial charge in [0.05, 0.1) is 10.6 Å². The zero-order valence-electron chi connectivity index (χ0n) is 9.69. The molecule has 4 N–H and O–H groups in total. The molecule has 0 aliphatic rings. The van der Waals surface area contributed by atoms with Crippen molar-refractivity contribution in [2.75, 3.05) is 5.73 Å². The molecule has 0 spiro atoms. The van der Waals surface area contributed by atoms with Crippen LogP contribution in [0, 0.1) is 0 Å². The third-order valence-electron chi connectivity index (χ3n) is 2.38. The zero-order chi connectivity index (χ0) is 14.0. The van der Waals surface area contributed by atoms with Gasteiger partial charge in [-0.15, -0.1) is 0 Å². The van der Waals surface area contributed by atoms with Gasteiger partial charge >= 0.3 is 0 Å². The number of anilines is 1. The molecule has 0 saturated heterocycles. The van der Waals surface area contributed by atoms with Gasteiger partial charge in [-0.25, -0.2) is 0 Å². The van der Waals surface area contributed by atoms with Crippen molar-refractivity contribution in [3.05, 3.63) is 51.5 Å². The van der Waals surface area contributed by atoms with Crippen LogP contribution >= 0.6 is 27.5 Å². The van der Waals surface area contributed by atoms with E-state index in [1.54, 1.807) is 24.3 Å². The van der Waals surface area contributed by atoms with Crippen LogP contribution in [0.1, 0.15) is 10.4 Å². The molecule has 19 heavy (non-hydrogen) atoms. The van der Waals surface area contributed by atoms with Crippen LogP contribution in [-0.4, -0.2) is 5.91 Å². The summed E-state index contributed by atoms with van der Waals surface area (Å²) in [5.74, 6) is 0.0953. The first-order chi connectivity index (χ1) is 8.97. The summed E-state index contributed by atoms with van der Waals surface area (Å²) in [7, 11) is 0. The van der Waals surface area contributed by atoms with Crippen molar-refractivity contribution < 1.29 is 9.53 Å². The maximum atomic E-state index is 11.3. The monoisotopic (exact) mass is 340 g/mol. The van der Waals surface area contributed by atoms with E-state index in [2.05, 4.69) is 15.9 Å². The molecule has 0 unspecified atom stereocenters. The number of rotatable bonds is 3. The minimum Gasteiger partial charge on any atom is -0.455 e. The minimum atomic E-state index is -0.594. The Kier molecular flexibility index (Phi) is 3.97. The molecular weight excluding hydrogens is 332 g/mol. The van der Waals surface area contributed by atoms with Crippen LogP contribution in [0.2, 0.25) is 5.02 Å². The number of hydrogen-bond acceptors (Lipinski definition) is 3. The summed E-state index contributed by atoms with van der Waals surface area (Å²) in [5, 5.41) is 0.409. The SMILES string of the molecule is NC(=O)c1ccc(N)cc1Oc1ccc(Br)cc1Cl. The number of halogens is 2. The molecule has 2 aromatic carbocycles. The highest BCUT2D eigenvalue weighted by Crippen LogP contribution is 2.33. The number of hydrogen-bond donors (Lipinski definition) is 2. The average Bonchev–Trinajstić information content (AvgIpc) is 2.32. The summed E-state index contributed by atoms with van der Waals surface area (Å²) in [5.41, 5.74) is 11.7. The Labute approximate surface area is 123 Å². The number of carbonyl (C=O) groups is 1. The van der Waals surface area contributed by atoms with Crippen molar-refractivity contribution >= 4 is 39.1 Å². The predicted molar refractivity (Wildman–Crippen MR) is 78.6 cm³/mol. The summed E-state index contributed by atoms with van der Waals surface area (Å²) in [6.07, 6.45) is 0. The molecule has 0 aromatic heterocycles. The van der Waals surface area contributed by atoms with E-state index in [1.807, 2.05) is 0 Å². The molecule has 0 aliphatic heterocycles. The van der Waals surface area contributed by atoms with Crippen LogP contribution in [0.5, 0.6) is 11.5 Å². The summed E-state index contributed by atoms with van der Waals surface area (Å²) in [4.78, 5) is 11.3. The van der Waals surface area contributed by atoms with Crippen molar-refractivity contribution in [3.8, 4) is 11.5 Å². The Bertz CT molecular complexity index is 647. The summed E-state index contributed by atoms with van der Waals surface area (Å²) in [6, 6.07) is 9.76. The van der Waals surface area contributed by atoms with Crippen LogP contribution in [0.4, 0.5) is 5.69 Å². The summed E-state index contributed by atoms with van der Waals surface area (Å²) >= 11 is 9.35. The summed E-state index contributed by atoms with van der Waals surface area (Å²) in [6.45, 7) is 0. The number of carbonyl (C=O) groups excluding carboxylic acids is 1. The van der Waals surface area contributed by atoms with E-state index in [-0.39, 0.29) is 11.3 Å². The second kappa shape index (κ2) is 5.50. The topological polar surface area (TPSA) is 78.3 Å². The lowest BCUT2D eigenvalue weighted by Gasteiger charge is -2.11. The molecule has 6 heteroatoms. The molecule has 4 nitrogen and oxygen atoms in total. The molecule has 0 aliphatic carbocycles. The lowest BCUT2D eigenvalue weighted by atomic mass is 10.1. The second-order valence-corrected chi connectivity index (χ2v) is 5.12. The normalized spacial score (nSPS) is 10.2. The molecule has 1 amide bonds. The minimum absolute atomic E-state index is 0.244. The van der Waals surface area contributed by atoms with Gasteiger partial charge < -0.3 is 16.2 Å². The molecule has 0 atom stereocenters. The maximum Gasteiger partial charge on any atom is 0.252 e. The fourth-order valence-corrected chi connectivity index (χ4v) is 2.22. The highest BCUT2D eigenvalue weighted by Gasteiger charge is 2.12. The van der Waals surface area contributed by atoms with E-state index in [9.17, 15) is 4.79 Å². The van der Waals surface area contributed by atoms with Crippen LogP contribution < -0.4 is 16.2 Å². The standard InChI is InChI=1S/C13H10BrClN2O2/c14-7-1-4-11(10(15)5-7)19-12-6-8(16)2-3-9(12)13(17)18/h1-6H,16H2,(H2,17,18). The van der Waals surface area contributed by atoms with E-state index >= 15 is 0 Å². The molecule has 0 radical (unpaired) electrons. The van der Waals surface area contributed by atoms with Crippen LogP contribution in [0.3, 0.4) is 0 Å². The number of nitrogen functional groups attached to an aromatic ring is 1. The fraction of sp³-hybridized carbons (Fsp3) is 0. The number of primary amides is 1. The van der Waals surface area contributed by atoms with E-state index in [0.29, 0.717) is 16.5 Å². The Morgan fingerprint density at radius 1 is 1.16 bits per heavy atom. The smallest absolute Gasteiger partial charge is 0.252 e. The fourth-order valence-electron chi connectivity index (χ4n) is 1.50. The average molecular weight is 342 g/mol. The number of ether oxygens (including phenoxy) is 1. The van der Waals surface area contributed by atoms with Crippen molar-refractivity contribution in [1.82, 2.24) is 0 Å². The third-order valence-corrected chi connectivity index (χ3v) is 3.17. The molecule has 0 heterocycles. The van der Waals surface area contributed by atoms with E-state index in [0.717, 1.165) is 4.47 Å². The first kappa shape index (κ1) is 13.7. The second-order valence-electron chi connectivity index (χ2n) is 3.80. The van der Waals surface area contributed by atoms with Gasteiger partial charge in [0, 0.05) is 16.2 Å². The van der Waals surface area contributed by atoms with E-state index in [1.165, 1.54) is 12.1 Å². The van der Waals surface area contributed by atoms with Crippen LogP contribution in [0.15, 0.2) is 40.9 Å². The molecule has 0 saturated carbocycles. The molecule has 2 aromatic rings. The number of amides is 1. The highest BCUT2D eigenvalue weighted by atomic mass is 79.9. The van der Waals surface area contributed by atoms with Crippen molar-refractivity contribution in [1.29, 1.82) is 0 Å². The Morgan fingerprint density at radius 2 is 1.89 bits per heavy atom. The first-order valence-electron chi connectivity index (χ1n) is 5.29. The van der Waals surface area contributed by atoms with Gasteiger partial charge in [0.25, 0.3) is 5.91 Å².